The van der Waals surface area contributed by atoms with Crippen molar-refractivity contribution in [1.29, 1.82) is 0 Å². The van der Waals surface area contributed by atoms with Gasteiger partial charge in [0.05, 0.1) is 0 Å². The summed E-state index contributed by atoms with van der Waals surface area (Å²) >= 11 is 6.52. The fourth-order valence-electron chi connectivity index (χ4n) is 4.40. The molecule has 5 aromatic carbocycles. The molecule has 0 unspecified atom stereocenters. The molecule has 0 aliphatic heterocycles. The first-order valence-corrected chi connectivity index (χ1v) is 11.3. The zero-order valence-electron chi connectivity index (χ0n) is 17.8. The molecule has 0 fully saturated rings. The SMILES string of the molecule is Clc1cc(-c2ccc(N(c3ccccc3)c3ccccc3)cc2)c2oc3ccccc3c2c1. The molecule has 158 valence electrons. The molecule has 2 nitrogen and oxygen atoms in total. The van der Waals surface area contributed by atoms with Crippen LogP contribution in [0.25, 0.3) is 33.1 Å². The summed E-state index contributed by atoms with van der Waals surface area (Å²) in [6.07, 6.45) is 0. The predicted octanol–water partition coefficient (Wildman–Crippen LogP) is 9.38. The smallest absolute Gasteiger partial charge is 0.143 e. The summed E-state index contributed by atoms with van der Waals surface area (Å²) in [7, 11) is 0. The Morgan fingerprint density at radius 2 is 1.12 bits per heavy atom. The normalized spacial score (nSPS) is 11.2. The van der Waals surface area contributed by atoms with Gasteiger partial charge >= 0.3 is 0 Å². The Kier molecular flexibility index (Phi) is 4.86. The van der Waals surface area contributed by atoms with Crippen molar-refractivity contribution in [1.82, 2.24) is 0 Å². The third-order valence-electron chi connectivity index (χ3n) is 5.91. The van der Waals surface area contributed by atoms with Crippen LogP contribution in [0.15, 0.2) is 126 Å². The lowest BCUT2D eigenvalue weighted by Crippen LogP contribution is -2.09. The van der Waals surface area contributed by atoms with E-state index in [1.165, 1.54) is 0 Å². The highest BCUT2D eigenvalue weighted by atomic mass is 35.5. The number of rotatable bonds is 4. The fourth-order valence-corrected chi connectivity index (χ4v) is 4.62. The van der Waals surface area contributed by atoms with E-state index in [1.54, 1.807) is 0 Å². The van der Waals surface area contributed by atoms with E-state index in [4.69, 9.17) is 16.0 Å². The average molecular weight is 446 g/mol. The van der Waals surface area contributed by atoms with Crippen LogP contribution in [0.5, 0.6) is 0 Å². The van der Waals surface area contributed by atoms with Crippen molar-refractivity contribution in [3.05, 3.63) is 126 Å². The molecular formula is C30H20ClNO. The van der Waals surface area contributed by atoms with Crippen molar-refractivity contribution in [3.63, 3.8) is 0 Å². The number of hydrogen-bond acceptors (Lipinski definition) is 2. The molecule has 0 saturated carbocycles. The summed E-state index contributed by atoms with van der Waals surface area (Å²) in [6.45, 7) is 0. The van der Waals surface area contributed by atoms with Gasteiger partial charge in [0.1, 0.15) is 11.2 Å². The second-order valence-corrected chi connectivity index (χ2v) is 8.42. The summed E-state index contributed by atoms with van der Waals surface area (Å²) in [6, 6.07) is 41.4. The quantitative estimate of drug-likeness (QED) is 0.268. The number of furan rings is 1. The zero-order valence-corrected chi connectivity index (χ0v) is 18.5. The van der Waals surface area contributed by atoms with Gasteiger partial charge in [0.2, 0.25) is 0 Å². The van der Waals surface area contributed by atoms with Crippen LogP contribution in [0, 0.1) is 0 Å². The second-order valence-electron chi connectivity index (χ2n) is 7.98. The predicted molar refractivity (Wildman–Crippen MR) is 139 cm³/mol. The maximum Gasteiger partial charge on any atom is 0.143 e. The maximum absolute atomic E-state index is 6.52. The lowest BCUT2D eigenvalue weighted by Gasteiger charge is -2.25. The summed E-state index contributed by atoms with van der Waals surface area (Å²) in [5.74, 6) is 0. The molecule has 0 radical (unpaired) electrons. The van der Waals surface area contributed by atoms with Gasteiger partial charge < -0.3 is 9.32 Å². The van der Waals surface area contributed by atoms with E-state index >= 15 is 0 Å². The van der Waals surface area contributed by atoms with Crippen LogP contribution in [0.1, 0.15) is 0 Å². The van der Waals surface area contributed by atoms with Gasteiger partial charge in [-0.25, -0.2) is 0 Å². The molecular weight excluding hydrogens is 426 g/mol. The highest BCUT2D eigenvalue weighted by Crippen LogP contribution is 2.40. The van der Waals surface area contributed by atoms with E-state index in [2.05, 4.69) is 83.8 Å². The first kappa shape index (κ1) is 19.7. The van der Waals surface area contributed by atoms with Gasteiger partial charge in [-0.15, -0.1) is 0 Å². The summed E-state index contributed by atoms with van der Waals surface area (Å²) in [4.78, 5) is 2.25. The summed E-state index contributed by atoms with van der Waals surface area (Å²) < 4.78 is 6.24. The Morgan fingerprint density at radius 3 is 1.79 bits per heavy atom. The molecule has 0 N–H and O–H groups in total. The molecule has 0 bridgehead atoms. The first-order chi connectivity index (χ1) is 16.3. The molecule has 33 heavy (non-hydrogen) atoms. The van der Waals surface area contributed by atoms with Gasteiger partial charge in [-0.2, -0.15) is 0 Å². The molecule has 6 aromatic rings. The number of halogens is 1. The lowest BCUT2D eigenvalue weighted by molar-refractivity contribution is 0.670. The van der Waals surface area contributed by atoms with E-state index in [0.717, 1.165) is 50.1 Å². The molecule has 0 aliphatic rings. The van der Waals surface area contributed by atoms with Crippen LogP contribution >= 0.6 is 11.6 Å². The van der Waals surface area contributed by atoms with Gasteiger partial charge in [-0.05, 0) is 60.2 Å². The van der Waals surface area contributed by atoms with Gasteiger partial charge in [-0.3, -0.25) is 0 Å². The monoisotopic (exact) mass is 445 g/mol. The van der Waals surface area contributed by atoms with Crippen LogP contribution in [-0.2, 0) is 0 Å². The van der Waals surface area contributed by atoms with E-state index in [0.29, 0.717) is 5.02 Å². The molecule has 3 heteroatoms. The largest absolute Gasteiger partial charge is 0.455 e. The number of anilines is 3. The van der Waals surface area contributed by atoms with Gasteiger partial charge in [-0.1, -0.05) is 78.3 Å². The van der Waals surface area contributed by atoms with E-state index in [-0.39, 0.29) is 0 Å². The van der Waals surface area contributed by atoms with Crippen molar-refractivity contribution in [3.8, 4) is 11.1 Å². The van der Waals surface area contributed by atoms with Gasteiger partial charge in [0.15, 0.2) is 0 Å². The molecule has 0 spiro atoms. The third-order valence-corrected chi connectivity index (χ3v) is 6.13. The Balaban J connectivity index is 1.48. The minimum Gasteiger partial charge on any atom is -0.455 e. The van der Waals surface area contributed by atoms with Crippen LogP contribution in [-0.4, -0.2) is 0 Å². The minimum absolute atomic E-state index is 0.698. The van der Waals surface area contributed by atoms with Gasteiger partial charge in [0.25, 0.3) is 0 Å². The summed E-state index contributed by atoms with van der Waals surface area (Å²) in [5.41, 5.74) is 7.08. The van der Waals surface area contributed by atoms with E-state index in [9.17, 15) is 0 Å². The first-order valence-electron chi connectivity index (χ1n) is 10.9. The van der Waals surface area contributed by atoms with Crippen LogP contribution in [0.3, 0.4) is 0 Å². The number of nitrogens with zero attached hydrogens (tertiary/aromatic N) is 1. The van der Waals surface area contributed by atoms with Crippen LogP contribution in [0.4, 0.5) is 17.1 Å². The summed E-state index contributed by atoms with van der Waals surface area (Å²) in [5, 5.41) is 2.81. The highest BCUT2D eigenvalue weighted by Gasteiger charge is 2.15. The molecule has 6 rings (SSSR count). The molecule has 1 heterocycles. The van der Waals surface area contributed by atoms with E-state index in [1.807, 2.05) is 42.5 Å². The minimum atomic E-state index is 0.698. The van der Waals surface area contributed by atoms with Crippen molar-refractivity contribution in [2.24, 2.45) is 0 Å². The number of para-hydroxylation sites is 3. The Bertz CT molecular complexity index is 1510. The number of fused-ring (bicyclic) bond motifs is 3. The highest BCUT2D eigenvalue weighted by molar-refractivity contribution is 6.32. The number of benzene rings is 5. The average Bonchev–Trinajstić information content (AvgIpc) is 3.24. The fraction of sp³-hybridized carbons (Fsp3) is 0. The molecule has 0 atom stereocenters. The lowest BCUT2D eigenvalue weighted by atomic mass is 10.0. The van der Waals surface area contributed by atoms with Crippen molar-refractivity contribution >= 4 is 50.6 Å². The van der Waals surface area contributed by atoms with Crippen LogP contribution < -0.4 is 4.90 Å². The Hall–Kier alpha value is -4.01. The molecule has 0 aliphatic carbocycles. The van der Waals surface area contributed by atoms with Crippen molar-refractivity contribution < 1.29 is 4.42 Å². The second kappa shape index (κ2) is 8.16. The topological polar surface area (TPSA) is 16.4 Å². The van der Waals surface area contributed by atoms with Crippen molar-refractivity contribution in [2.45, 2.75) is 0 Å². The molecule has 0 amide bonds. The van der Waals surface area contributed by atoms with Crippen LogP contribution in [0.2, 0.25) is 5.02 Å². The Morgan fingerprint density at radius 1 is 0.545 bits per heavy atom. The molecule has 1 aromatic heterocycles. The maximum atomic E-state index is 6.52. The van der Waals surface area contributed by atoms with Gasteiger partial charge in [0, 0.05) is 38.4 Å². The zero-order chi connectivity index (χ0) is 22.2. The third kappa shape index (κ3) is 3.55. The molecule has 0 saturated heterocycles. The standard InChI is InChI=1S/C30H20ClNO/c31-22-19-27(30-28(20-22)26-13-7-8-14-29(26)33-30)21-15-17-25(18-16-21)32(23-9-3-1-4-10-23)24-11-5-2-6-12-24/h1-20H. The number of hydrogen-bond donors (Lipinski definition) is 0. The Labute approximate surface area is 197 Å². The van der Waals surface area contributed by atoms with E-state index < -0.39 is 0 Å². The van der Waals surface area contributed by atoms with Crippen molar-refractivity contribution in [2.75, 3.05) is 4.90 Å².